The van der Waals surface area contributed by atoms with Crippen molar-refractivity contribution in [1.29, 1.82) is 0 Å². The molecule has 110 valence electrons. The lowest BCUT2D eigenvalue weighted by molar-refractivity contribution is 0.251. The molecular weight excluding hydrogens is 266 g/mol. The third-order valence-electron chi connectivity index (χ3n) is 3.04. The number of ether oxygens (including phenoxy) is 1. The number of urea groups is 1. The van der Waals surface area contributed by atoms with Crippen LogP contribution in [-0.4, -0.2) is 13.1 Å². The maximum Gasteiger partial charge on any atom is 0.319 e. The number of nitrogen functional groups attached to an aromatic ring is 1. The largest absolute Gasteiger partial charge is 0.497 e. The van der Waals surface area contributed by atoms with Crippen molar-refractivity contribution < 1.29 is 9.53 Å². The van der Waals surface area contributed by atoms with Crippen LogP contribution in [0.3, 0.4) is 0 Å². The number of nitrogens with one attached hydrogen (secondary N) is 2. The molecule has 0 fully saturated rings. The van der Waals surface area contributed by atoms with Crippen molar-refractivity contribution in [2.45, 2.75) is 13.5 Å². The molecule has 0 radical (unpaired) electrons. The van der Waals surface area contributed by atoms with Gasteiger partial charge in [-0.05, 0) is 42.3 Å². The van der Waals surface area contributed by atoms with E-state index in [1.54, 1.807) is 13.2 Å². The lowest BCUT2D eigenvalue weighted by atomic mass is 10.2. The van der Waals surface area contributed by atoms with Gasteiger partial charge in [0.1, 0.15) is 5.75 Å². The Kier molecular flexibility index (Phi) is 4.66. The monoisotopic (exact) mass is 285 g/mol. The Morgan fingerprint density at radius 2 is 2.05 bits per heavy atom. The molecule has 2 amide bonds. The van der Waals surface area contributed by atoms with Gasteiger partial charge in [0.2, 0.25) is 0 Å². The van der Waals surface area contributed by atoms with Crippen molar-refractivity contribution in [2.75, 3.05) is 18.2 Å². The molecule has 0 saturated heterocycles. The summed E-state index contributed by atoms with van der Waals surface area (Å²) in [5, 5.41) is 5.53. The minimum Gasteiger partial charge on any atom is -0.497 e. The second-order valence-electron chi connectivity index (χ2n) is 4.75. The predicted molar refractivity (Wildman–Crippen MR) is 84.4 cm³/mol. The molecule has 0 bridgehead atoms. The van der Waals surface area contributed by atoms with Crippen LogP contribution < -0.4 is 21.1 Å². The smallest absolute Gasteiger partial charge is 0.319 e. The highest BCUT2D eigenvalue weighted by Gasteiger charge is 2.05. The standard InChI is InChI=1S/C16H19N3O2/c1-11-6-7-14(17)15(8-11)19-16(20)18-10-12-4-3-5-13(9-12)21-2/h3-9H,10,17H2,1-2H3,(H2,18,19,20). The van der Waals surface area contributed by atoms with Crippen molar-refractivity contribution in [3.8, 4) is 5.75 Å². The number of carbonyl (C=O) groups is 1. The third-order valence-corrected chi connectivity index (χ3v) is 3.04. The van der Waals surface area contributed by atoms with Gasteiger partial charge in [-0.2, -0.15) is 0 Å². The quantitative estimate of drug-likeness (QED) is 0.756. The second-order valence-corrected chi connectivity index (χ2v) is 4.75. The van der Waals surface area contributed by atoms with E-state index in [2.05, 4.69) is 10.6 Å². The van der Waals surface area contributed by atoms with Crippen LogP contribution in [0.2, 0.25) is 0 Å². The van der Waals surface area contributed by atoms with E-state index in [0.29, 0.717) is 17.9 Å². The van der Waals surface area contributed by atoms with Crippen molar-refractivity contribution in [3.05, 3.63) is 53.6 Å². The number of nitrogens with two attached hydrogens (primary N) is 1. The molecule has 0 aliphatic heterocycles. The van der Waals surface area contributed by atoms with Gasteiger partial charge in [0.05, 0.1) is 18.5 Å². The average molecular weight is 285 g/mol. The maximum atomic E-state index is 11.9. The van der Waals surface area contributed by atoms with Gasteiger partial charge < -0.3 is 21.1 Å². The molecule has 0 aromatic heterocycles. The van der Waals surface area contributed by atoms with Crippen LogP contribution >= 0.6 is 0 Å². The highest BCUT2D eigenvalue weighted by molar-refractivity contribution is 5.92. The molecule has 0 atom stereocenters. The van der Waals surface area contributed by atoms with Gasteiger partial charge in [-0.1, -0.05) is 18.2 Å². The molecule has 2 aromatic rings. The molecule has 5 nitrogen and oxygen atoms in total. The summed E-state index contributed by atoms with van der Waals surface area (Å²) in [5.74, 6) is 0.762. The summed E-state index contributed by atoms with van der Waals surface area (Å²) >= 11 is 0. The number of hydrogen-bond donors (Lipinski definition) is 3. The number of methoxy groups -OCH3 is 1. The summed E-state index contributed by atoms with van der Waals surface area (Å²) in [6.45, 7) is 2.35. The summed E-state index contributed by atoms with van der Waals surface area (Å²) in [6.07, 6.45) is 0. The molecule has 0 aliphatic carbocycles. The fourth-order valence-corrected chi connectivity index (χ4v) is 1.91. The van der Waals surface area contributed by atoms with Gasteiger partial charge in [-0.25, -0.2) is 4.79 Å². The lowest BCUT2D eigenvalue weighted by Crippen LogP contribution is -2.28. The summed E-state index contributed by atoms with van der Waals surface area (Å²) in [6, 6.07) is 12.7. The number of carbonyl (C=O) groups excluding carboxylic acids is 1. The fourth-order valence-electron chi connectivity index (χ4n) is 1.91. The minimum absolute atomic E-state index is 0.296. The number of anilines is 2. The summed E-state index contributed by atoms with van der Waals surface area (Å²) in [5.41, 5.74) is 8.97. The zero-order valence-corrected chi connectivity index (χ0v) is 12.1. The summed E-state index contributed by atoms with van der Waals surface area (Å²) < 4.78 is 5.14. The number of aryl methyl sites for hydroxylation is 1. The van der Waals surface area contributed by atoms with Gasteiger partial charge in [0, 0.05) is 6.54 Å². The van der Waals surface area contributed by atoms with Gasteiger partial charge in [-0.15, -0.1) is 0 Å². The molecule has 4 N–H and O–H groups in total. The Bertz CT molecular complexity index is 641. The van der Waals surface area contributed by atoms with Crippen LogP contribution in [0.1, 0.15) is 11.1 Å². The summed E-state index contributed by atoms with van der Waals surface area (Å²) in [4.78, 5) is 11.9. The molecule has 0 heterocycles. The van der Waals surface area contributed by atoms with E-state index in [0.717, 1.165) is 16.9 Å². The first-order chi connectivity index (χ1) is 10.1. The van der Waals surface area contributed by atoms with E-state index in [1.807, 2.05) is 43.3 Å². The molecule has 2 aromatic carbocycles. The highest BCUT2D eigenvalue weighted by atomic mass is 16.5. The Morgan fingerprint density at radius 3 is 2.81 bits per heavy atom. The van der Waals surface area contributed by atoms with E-state index in [9.17, 15) is 4.79 Å². The highest BCUT2D eigenvalue weighted by Crippen LogP contribution is 2.19. The lowest BCUT2D eigenvalue weighted by Gasteiger charge is -2.11. The minimum atomic E-state index is -0.296. The van der Waals surface area contributed by atoms with E-state index in [-0.39, 0.29) is 6.03 Å². The van der Waals surface area contributed by atoms with E-state index >= 15 is 0 Å². The van der Waals surface area contributed by atoms with Crippen molar-refractivity contribution >= 4 is 17.4 Å². The summed E-state index contributed by atoms with van der Waals surface area (Å²) in [7, 11) is 1.61. The van der Waals surface area contributed by atoms with Crippen molar-refractivity contribution in [1.82, 2.24) is 5.32 Å². The van der Waals surface area contributed by atoms with Crippen molar-refractivity contribution in [2.24, 2.45) is 0 Å². The van der Waals surface area contributed by atoms with Crippen LogP contribution in [0.4, 0.5) is 16.2 Å². The number of benzene rings is 2. The van der Waals surface area contributed by atoms with Gasteiger partial charge in [0.15, 0.2) is 0 Å². The average Bonchev–Trinajstić information content (AvgIpc) is 2.49. The maximum absolute atomic E-state index is 11.9. The van der Waals surface area contributed by atoms with Crippen molar-refractivity contribution in [3.63, 3.8) is 0 Å². The van der Waals surface area contributed by atoms with Gasteiger partial charge >= 0.3 is 6.03 Å². The molecular formula is C16H19N3O2. The number of rotatable bonds is 4. The fraction of sp³-hybridized carbons (Fsp3) is 0.188. The number of amides is 2. The number of hydrogen-bond acceptors (Lipinski definition) is 3. The first-order valence-corrected chi connectivity index (χ1v) is 6.62. The molecule has 0 aliphatic rings. The second kappa shape index (κ2) is 6.65. The molecule has 0 spiro atoms. The van der Waals surface area contributed by atoms with Crippen LogP contribution in [0, 0.1) is 6.92 Å². The molecule has 2 rings (SSSR count). The third kappa shape index (κ3) is 4.14. The van der Waals surface area contributed by atoms with Crippen LogP contribution in [0.15, 0.2) is 42.5 Å². The predicted octanol–water partition coefficient (Wildman–Crippen LogP) is 2.91. The van der Waals surface area contributed by atoms with E-state index in [1.165, 1.54) is 0 Å². The van der Waals surface area contributed by atoms with Crippen LogP contribution in [0.5, 0.6) is 5.75 Å². The molecule has 0 saturated carbocycles. The Balaban J connectivity index is 1.94. The normalized spacial score (nSPS) is 10.0. The molecule has 0 unspecified atom stereocenters. The van der Waals surface area contributed by atoms with E-state index in [4.69, 9.17) is 10.5 Å². The Hall–Kier alpha value is -2.69. The molecule has 5 heteroatoms. The zero-order valence-electron chi connectivity index (χ0n) is 12.1. The van der Waals surface area contributed by atoms with Crippen LogP contribution in [-0.2, 0) is 6.54 Å². The first kappa shape index (κ1) is 14.7. The molecule has 21 heavy (non-hydrogen) atoms. The van der Waals surface area contributed by atoms with E-state index < -0.39 is 0 Å². The first-order valence-electron chi connectivity index (χ1n) is 6.62. The zero-order chi connectivity index (χ0) is 15.2. The van der Waals surface area contributed by atoms with Gasteiger partial charge in [-0.3, -0.25) is 0 Å². The van der Waals surface area contributed by atoms with Crippen LogP contribution in [0.25, 0.3) is 0 Å². The SMILES string of the molecule is COc1cccc(CNC(=O)Nc2cc(C)ccc2N)c1. The Morgan fingerprint density at radius 1 is 1.24 bits per heavy atom. The van der Waals surface area contributed by atoms with Gasteiger partial charge in [0.25, 0.3) is 0 Å². The topological polar surface area (TPSA) is 76.4 Å². The Labute approximate surface area is 124 Å².